The van der Waals surface area contributed by atoms with Crippen LogP contribution in [-0.2, 0) is 9.59 Å². The molecule has 3 N–H and O–H groups in total. The summed E-state index contributed by atoms with van der Waals surface area (Å²) in [4.78, 5) is 21.5. The number of carbonyl (C=O) groups is 2. The molecule has 1 fully saturated rings. The Kier molecular flexibility index (Phi) is 3.25. The molecule has 5 heteroatoms. The molecule has 0 radical (unpaired) electrons. The molecule has 5 nitrogen and oxygen atoms in total. The number of aliphatic carboxylic acids is 1. The number of nitrogens with one attached hydrogen (secondary N) is 1. The van der Waals surface area contributed by atoms with Gasteiger partial charge in [0.25, 0.3) is 0 Å². The number of carboxylic acid groups (broad SMARTS) is 1. The lowest BCUT2D eigenvalue weighted by atomic mass is 10.2. The second-order valence-electron chi connectivity index (χ2n) is 3.29. The van der Waals surface area contributed by atoms with Gasteiger partial charge in [0.15, 0.2) is 0 Å². The lowest BCUT2D eigenvalue weighted by Gasteiger charge is -2.10. The number of carboxylic acids is 1. The summed E-state index contributed by atoms with van der Waals surface area (Å²) in [6, 6.07) is -1.16. The number of aliphatic hydroxyl groups is 1. The summed E-state index contributed by atoms with van der Waals surface area (Å²) in [7, 11) is 0. The van der Waals surface area contributed by atoms with E-state index in [0.717, 1.165) is 12.8 Å². The first kappa shape index (κ1) is 9.98. The molecule has 1 aliphatic carbocycles. The van der Waals surface area contributed by atoms with Crippen molar-refractivity contribution in [2.45, 2.75) is 25.3 Å². The average Bonchev–Trinajstić information content (AvgIpc) is 2.83. The molecule has 0 bridgehead atoms. The number of carbonyl (C=O) groups excluding carboxylic acids is 1. The monoisotopic (exact) mass is 187 g/mol. The fourth-order valence-corrected chi connectivity index (χ4v) is 1.02. The third kappa shape index (κ3) is 3.42. The van der Waals surface area contributed by atoms with Gasteiger partial charge in [-0.25, -0.2) is 4.79 Å². The zero-order chi connectivity index (χ0) is 9.84. The van der Waals surface area contributed by atoms with E-state index in [-0.39, 0.29) is 5.91 Å². The highest BCUT2D eigenvalue weighted by Gasteiger charge is 2.26. The Labute approximate surface area is 75.7 Å². The van der Waals surface area contributed by atoms with E-state index in [2.05, 4.69) is 5.32 Å². The van der Waals surface area contributed by atoms with Crippen LogP contribution in [0.15, 0.2) is 0 Å². The van der Waals surface area contributed by atoms with E-state index in [9.17, 15) is 9.59 Å². The van der Waals surface area contributed by atoms with Crippen molar-refractivity contribution in [2.24, 2.45) is 5.92 Å². The maximum Gasteiger partial charge on any atom is 0.328 e. The number of hydrogen-bond acceptors (Lipinski definition) is 3. The molecule has 1 rings (SSSR count). The zero-order valence-corrected chi connectivity index (χ0v) is 7.19. The third-order valence-electron chi connectivity index (χ3n) is 1.99. The fraction of sp³-hybridized carbons (Fsp3) is 0.750. The molecule has 0 heterocycles. The molecule has 1 amide bonds. The van der Waals surface area contributed by atoms with E-state index in [1.165, 1.54) is 0 Å². The zero-order valence-electron chi connectivity index (χ0n) is 7.19. The van der Waals surface area contributed by atoms with Crippen LogP contribution in [-0.4, -0.2) is 34.7 Å². The Morgan fingerprint density at radius 2 is 2.08 bits per heavy atom. The quantitative estimate of drug-likeness (QED) is 0.533. The molecule has 0 aromatic rings. The van der Waals surface area contributed by atoms with E-state index in [1.54, 1.807) is 0 Å². The Morgan fingerprint density at radius 1 is 1.46 bits per heavy atom. The smallest absolute Gasteiger partial charge is 0.328 e. The van der Waals surface area contributed by atoms with Gasteiger partial charge in [0, 0.05) is 6.42 Å². The summed E-state index contributed by atoms with van der Waals surface area (Å²) >= 11 is 0. The molecule has 0 aromatic carbocycles. The van der Waals surface area contributed by atoms with Gasteiger partial charge in [-0.3, -0.25) is 4.79 Å². The van der Waals surface area contributed by atoms with E-state index >= 15 is 0 Å². The molecular weight excluding hydrogens is 174 g/mol. The predicted octanol–water partition coefficient (Wildman–Crippen LogP) is -0.652. The van der Waals surface area contributed by atoms with E-state index < -0.39 is 18.6 Å². The first-order valence-corrected chi connectivity index (χ1v) is 4.26. The van der Waals surface area contributed by atoms with Crippen LogP contribution in [0.5, 0.6) is 0 Å². The summed E-state index contributed by atoms with van der Waals surface area (Å²) in [6.07, 6.45) is 2.47. The number of aliphatic hydroxyl groups excluding tert-OH is 1. The molecule has 1 aliphatic rings. The highest BCUT2D eigenvalue weighted by Crippen LogP contribution is 2.32. The van der Waals surface area contributed by atoms with Gasteiger partial charge in [-0.1, -0.05) is 0 Å². The summed E-state index contributed by atoms with van der Waals surface area (Å²) in [5, 5.41) is 19.3. The van der Waals surface area contributed by atoms with Crippen LogP contribution in [0.2, 0.25) is 0 Å². The van der Waals surface area contributed by atoms with Crippen LogP contribution in [0, 0.1) is 5.92 Å². The van der Waals surface area contributed by atoms with Crippen molar-refractivity contribution in [1.29, 1.82) is 0 Å². The average molecular weight is 187 g/mol. The minimum Gasteiger partial charge on any atom is -0.480 e. The van der Waals surface area contributed by atoms with Crippen LogP contribution >= 0.6 is 0 Å². The van der Waals surface area contributed by atoms with Gasteiger partial charge in [0.1, 0.15) is 6.04 Å². The normalized spacial score (nSPS) is 17.9. The highest BCUT2D eigenvalue weighted by molar-refractivity contribution is 5.83. The Bertz CT molecular complexity index is 212. The summed E-state index contributed by atoms with van der Waals surface area (Å²) in [5.74, 6) is -1.07. The third-order valence-corrected chi connectivity index (χ3v) is 1.99. The van der Waals surface area contributed by atoms with Gasteiger partial charge in [0.2, 0.25) is 5.91 Å². The molecule has 1 saturated carbocycles. The lowest BCUT2D eigenvalue weighted by molar-refractivity contribution is -0.143. The van der Waals surface area contributed by atoms with Gasteiger partial charge < -0.3 is 15.5 Å². The van der Waals surface area contributed by atoms with Crippen LogP contribution in [0.1, 0.15) is 19.3 Å². The fourth-order valence-electron chi connectivity index (χ4n) is 1.02. The summed E-state index contributed by atoms with van der Waals surface area (Å²) in [5.41, 5.74) is 0. The van der Waals surface area contributed by atoms with Crippen LogP contribution in [0.3, 0.4) is 0 Å². The van der Waals surface area contributed by atoms with Crippen LogP contribution in [0.4, 0.5) is 0 Å². The Balaban J connectivity index is 2.26. The minimum atomic E-state index is -1.20. The summed E-state index contributed by atoms with van der Waals surface area (Å²) in [6.45, 7) is -0.564. The first-order valence-electron chi connectivity index (χ1n) is 4.26. The lowest BCUT2D eigenvalue weighted by Crippen LogP contribution is -2.43. The van der Waals surface area contributed by atoms with Crippen LogP contribution in [0.25, 0.3) is 0 Å². The molecule has 13 heavy (non-hydrogen) atoms. The molecular formula is C8H13NO4. The molecule has 0 aromatic heterocycles. The van der Waals surface area contributed by atoms with Crippen molar-refractivity contribution in [2.75, 3.05) is 6.61 Å². The standard InChI is InChI=1S/C8H13NO4/c10-4-6(8(12)13)9-7(11)3-5-1-2-5/h5-6,10H,1-4H2,(H,9,11)(H,12,13)/t6-/m0/s1. The maximum atomic E-state index is 11.1. The SMILES string of the molecule is O=C(CC1CC1)N[C@@H](CO)C(=O)O. The van der Waals surface area contributed by atoms with E-state index in [1.807, 2.05) is 0 Å². The van der Waals surface area contributed by atoms with Crippen molar-refractivity contribution in [1.82, 2.24) is 5.32 Å². The minimum absolute atomic E-state index is 0.288. The second-order valence-corrected chi connectivity index (χ2v) is 3.29. The largest absolute Gasteiger partial charge is 0.480 e. The van der Waals surface area contributed by atoms with Crippen molar-refractivity contribution >= 4 is 11.9 Å². The van der Waals surface area contributed by atoms with Crippen molar-refractivity contribution in [3.05, 3.63) is 0 Å². The Hall–Kier alpha value is -1.10. The van der Waals surface area contributed by atoms with Crippen molar-refractivity contribution in [3.8, 4) is 0 Å². The highest BCUT2D eigenvalue weighted by atomic mass is 16.4. The van der Waals surface area contributed by atoms with Gasteiger partial charge in [-0.15, -0.1) is 0 Å². The van der Waals surface area contributed by atoms with Gasteiger partial charge >= 0.3 is 5.97 Å². The predicted molar refractivity (Wildman–Crippen MR) is 44.0 cm³/mol. The van der Waals surface area contributed by atoms with E-state index in [0.29, 0.717) is 12.3 Å². The molecule has 74 valence electrons. The molecule has 0 unspecified atom stereocenters. The molecule has 0 aliphatic heterocycles. The van der Waals surface area contributed by atoms with Crippen molar-refractivity contribution < 1.29 is 19.8 Å². The maximum absolute atomic E-state index is 11.1. The van der Waals surface area contributed by atoms with Gasteiger partial charge in [-0.05, 0) is 18.8 Å². The number of amides is 1. The van der Waals surface area contributed by atoms with Crippen LogP contribution < -0.4 is 5.32 Å². The van der Waals surface area contributed by atoms with Crippen molar-refractivity contribution in [3.63, 3.8) is 0 Å². The summed E-state index contributed by atoms with van der Waals surface area (Å²) < 4.78 is 0. The van der Waals surface area contributed by atoms with E-state index in [4.69, 9.17) is 10.2 Å². The molecule has 0 spiro atoms. The topological polar surface area (TPSA) is 86.6 Å². The first-order chi connectivity index (χ1) is 6.13. The number of rotatable bonds is 5. The molecule has 1 atom stereocenters. The molecule has 0 saturated heterocycles. The number of hydrogen-bond donors (Lipinski definition) is 3. The van der Waals surface area contributed by atoms with Gasteiger partial charge in [-0.2, -0.15) is 0 Å². The Morgan fingerprint density at radius 3 is 2.46 bits per heavy atom. The second kappa shape index (κ2) is 4.23. The van der Waals surface area contributed by atoms with Gasteiger partial charge in [0.05, 0.1) is 6.61 Å².